The molecule has 0 saturated heterocycles. The van der Waals surface area contributed by atoms with Crippen molar-refractivity contribution in [2.75, 3.05) is 0 Å². The van der Waals surface area contributed by atoms with Crippen LogP contribution in [0.25, 0.3) is 0 Å². The molecule has 1 atom stereocenters. The van der Waals surface area contributed by atoms with Gasteiger partial charge in [0, 0.05) is 0 Å². The fourth-order valence-corrected chi connectivity index (χ4v) is 24.4. The van der Waals surface area contributed by atoms with Gasteiger partial charge in [-0.25, -0.2) is 0 Å². The summed E-state index contributed by atoms with van der Waals surface area (Å²) in [6.07, 6.45) is 15.4. The molecule has 0 aromatic carbocycles. The number of hydrogen-bond acceptors (Lipinski definition) is 1. The Morgan fingerprint density at radius 1 is 0.808 bits per heavy atom. The molecule has 0 aliphatic rings. The molecule has 0 radical (unpaired) electrons. The van der Waals surface area contributed by atoms with Crippen molar-refractivity contribution in [2.45, 2.75) is 119 Å². The van der Waals surface area contributed by atoms with E-state index in [1.165, 1.54) is 70.6 Å². The van der Waals surface area contributed by atoms with Gasteiger partial charge in [0.25, 0.3) is 0 Å². The molecule has 0 nitrogen and oxygen atoms in total. The zero-order valence-electron chi connectivity index (χ0n) is 18.5. The summed E-state index contributed by atoms with van der Waals surface area (Å²) in [5.41, 5.74) is 1.68. The summed E-state index contributed by atoms with van der Waals surface area (Å²) in [5, 5.41) is 2.56. The first-order valence-corrected chi connectivity index (χ1v) is 20.1. The molecule has 1 aromatic rings. The summed E-state index contributed by atoms with van der Waals surface area (Å²) in [4.78, 5) is 0. The van der Waals surface area contributed by atoms with Gasteiger partial charge in [0.05, 0.1) is 0 Å². The normalized spacial score (nSPS) is 13.3. The molecular formula is C24H46SSn. The van der Waals surface area contributed by atoms with Crippen LogP contribution in [0, 0.1) is 5.92 Å². The van der Waals surface area contributed by atoms with Gasteiger partial charge in [-0.1, -0.05) is 0 Å². The Balaban J connectivity index is 2.95. The van der Waals surface area contributed by atoms with Crippen LogP contribution in [0.4, 0.5) is 0 Å². The SMILES string of the molecule is CCCCC(CC)Cc1cs[c]([Sn]([CH2]CCC)([CH2]CCC)[CH2]CCC)c1. The molecule has 0 bridgehead atoms. The summed E-state index contributed by atoms with van der Waals surface area (Å²) in [7, 11) is 0. The molecule has 1 heterocycles. The van der Waals surface area contributed by atoms with Gasteiger partial charge < -0.3 is 0 Å². The zero-order valence-corrected chi connectivity index (χ0v) is 22.2. The first-order valence-electron chi connectivity index (χ1n) is 11.7. The molecule has 1 rings (SSSR count). The second-order valence-electron chi connectivity index (χ2n) is 8.53. The van der Waals surface area contributed by atoms with Gasteiger partial charge in [0.15, 0.2) is 0 Å². The van der Waals surface area contributed by atoms with Gasteiger partial charge >= 0.3 is 174 Å². The summed E-state index contributed by atoms with van der Waals surface area (Å²) >= 11 is -0.000417. The predicted octanol–water partition coefficient (Wildman–Crippen LogP) is 8.56. The summed E-state index contributed by atoms with van der Waals surface area (Å²) in [5.74, 6) is 0.906. The first kappa shape index (κ1) is 24.5. The minimum absolute atomic E-state index is 0.906. The Labute approximate surface area is 173 Å². The van der Waals surface area contributed by atoms with E-state index in [0.29, 0.717) is 0 Å². The second kappa shape index (κ2) is 14.5. The van der Waals surface area contributed by atoms with Crippen LogP contribution in [-0.4, -0.2) is 18.4 Å². The van der Waals surface area contributed by atoms with E-state index in [1.807, 2.05) is 2.89 Å². The molecule has 1 unspecified atom stereocenters. The average Bonchev–Trinajstić information content (AvgIpc) is 3.14. The number of unbranched alkanes of at least 4 members (excludes halogenated alkanes) is 4. The minimum atomic E-state index is -2.18. The molecule has 2 heteroatoms. The van der Waals surface area contributed by atoms with Crippen molar-refractivity contribution in [1.82, 2.24) is 0 Å². The molecule has 0 aliphatic heterocycles. The van der Waals surface area contributed by atoms with Crippen LogP contribution in [0.2, 0.25) is 13.3 Å². The van der Waals surface area contributed by atoms with Crippen molar-refractivity contribution >= 4 is 32.6 Å². The van der Waals surface area contributed by atoms with Gasteiger partial charge in [-0.2, -0.15) is 0 Å². The Kier molecular flexibility index (Phi) is 13.7. The Morgan fingerprint density at radius 3 is 1.81 bits per heavy atom. The van der Waals surface area contributed by atoms with Crippen molar-refractivity contribution in [3.05, 3.63) is 17.0 Å². The molecule has 0 spiro atoms. The van der Waals surface area contributed by atoms with Crippen molar-refractivity contribution in [3.63, 3.8) is 0 Å². The van der Waals surface area contributed by atoms with E-state index in [4.69, 9.17) is 0 Å². The Morgan fingerprint density at radius 2 is 1.35 bits per heavy atom. The monoisotopic (exact) mass is 486 g/mol. The molecule has 0 amide bonds. The van der Waals surface area contributed by atoms with Gasteiger partial charge in [0.1, 0.15) is 0 Å². The third-order valence-electron chi connectivity index (χ3n) is 6.27. The van der Waals surface area contributed by atoms with E-state index in [-0.39, 0.29) is 0 Å². The number of thiophene rings is 1. The van der Waals surface area contributed by atoms with E-state index in [9.17, 15) is 0 Å². The third-order valence-corrected chi connectivity index (χ3v) is 25.6. The van der Waals surface area contributed by atoms with Crippen molar-refractivity contribution in [3.8, 4) is 0 Å². The quantitative estimate of drug-likeness (QED) is 0.206. The molecule has 0 fully saturated rings. The molecule has 0 aliphatic carbocycles. The van der Waals surface area contributed by atoms with Gasteiger partial charge in [0.2, 0.25) is 0 Å². The van der Waals surface area contributed by atoms with E-state index in [2.05, 4.69) is 57.4 Å². The fourth-order valence-electron chi connectivity index (χ4n) is 4.33. The summed E-state index contributed by atoms with van der Waals surface area (Å²) in [6.45, 7) is 11.9. The fraction of sp³-hybridized carbons (Fsp3) is 0.833. The topological polar surface area (TPSA) is 0 Å². The van der Waals surface area contributed by atoms with E-state index >= 15 is 0 Å². The average molecular weight is 485 g/mol. The van der Waals surface area contributed by atoms with Crippen molar-refractivity contribution in [1.29, 1.82) is 0 Å². The predicted molar refractivity (Wildman–Crippen MR) is 126 cm³/mol. The van der Waals surface area contributed by atoms with Crippen LogP contribution in [0.15, 0.2) is 11.4 Å². The van der Waals surface area contributed by atoms with Gasteiger partial charge in [-0.15, -0.1) is 0 Å². The zero-order chi connectivity index (χ0) is 19.3. The summed E-state index contributed by atoms with van der Waals surface area (Å²) < 4.78 is 6.75. The summed E-state index contributed by atoms with van der Waals surface area (Å²) in [6, 6.07) is 2.72. The van der Waals surface area contributed by atoms with Crippen LogP contribution >= 0.6 is 11.3 Å². The number of hydrogen-bond donors (Lipinski definition) is 0. The third kappa shape index (κ3) is 8.25. The molecule has 0 N–H and O–H groups in total. The maximum absolute atomic E-state index is 2.72. The Bertz CT molecular complexity index is 429. The van der Waals surface area contributed by atoms with Gasteiger partial charge in [-0.05, 0) is 0 Å². The van der Waals surface area contributed by atoms with Crippen LogP contribution in [0.3, 0.4) is 0 Å². The molecule has 26 heavy (non-hydrogen) atoms. The molecule has 152 valence electrons. The molecule has 1 aromatic heterocycles. The number of rotatable bonds is 16. The molecular weight excluding hydrogens is 439 g/mol. The van der Waals surface area contributed by atoms with Crippen molar-refractivity contribution in [2.24, 2.45) is 5.92 Å². The van der Waals surface area contributed by atoms with Crippen LogP contribution < -0.4 is 2.89 Å². The van der Waals surface area contributed by atoms with Crippen LogP contribution in [0.1, 0.15) is 104 Å². The standard InChI is InChI=1S/C12H19S.3C4H9.Sn/c1-3-5-6-11(4-2)9-12-7-8-13-10-12;3*1-3-4-2;/h7,10-11H,3-6,9H2,1-2H3;3*1,3-4H2,2H3;. The maximum atomic E-state index is 2.72. The van der Waals surface area contributed by atoms with E-state index in [0.717, 1.165) is 5.92 Å². The molecule has 0 saturated carbocycles. The van der Waals surface area contributed by atoms with Crippen LogP contribution in [-0.2, 0) is 6.42 Å². The first-order chi connectivity index (χ1) is 12.7. The Hall–Kier alpha value is 0.499. The van der Waals surface area contributed by atoms with Crippen LogP contribution in [0.5, 0.6) is 0 Å². The van der Waals surface area contributed by atoms with E-state index < -0.39 is 18.4 Å². The second-order valence-corrected chi connectivity index (χ2v) is 23.6. The van der Waals surface area contributed by atoms with Gasteiger partial charge in [-0.3, -0.25) is 0 Å². The van der Waals surface area contributed by atoms with Crippen molar-refractivity contribution < 1.29 is 0 Å². The van der Waals surface area contributed by atoms with E-state index in [1.54, 1.807) is 18.9 Å².